The highest BCUT2D eigenvalue weighted by Gasteiger charge is 2.29. The number of carbonyl (C=O) groups excluding carboxylic acids is 1. The van der Waals surface area contributed by atoms with Crippen LogP contribution in [0.2, 0.25) is 0 Å². The van der Waals surface area contributed by atoms with E-state index in [4.69, 9.17) is 0 Å². The number of nitrogens with zero attached hydrogens (tertiary/aromatic N) is 3. The van der Waals surface area contributed by atoms with Gasteiger partial charge in [-0.2, -0.15) is 5.10 Å². The number of carbonyl (C=O) groups is 1. The third-order valence-electron chi connectivity index (χ3n) is 3.84. The maximum Gasteiger partial charge on any atom is 0.280 e. The second kappa shape index (κ2) is 7.39. The van der Waals surface area contributed by atoms with E-state index in [1.807, 2.05) is 0 Å². The van der Waals surface area contributed by atoms with Crippen LogP contribution in [0.1, 0.15) is 36.6 Å². The van der Waals surface area contributed by atoms with Crippen molar-refractivity contribution in [3.8, 4) is 0 Å². The molecular weight excluding hydrogens is 482 g/mol. The van der Waals surface area contributed by atoms with Gasteiger partial charge in [0, 0.05) is 27.0 Å². The Balaban J connectivity index is 1.78. The fraction of sp³-hybridized carbons (Fsp3) is 0.333. The number of rotatable bonds is 6. The molecule has 0 radical (unpaired) electrons. The molecule has 0 unspecified atom stereocenters. The van der Waals surface area contributed by atoms with E-state index in [9.17, 15) is 23.7 Å². The third-order valence-corrected chi connectivity index (χ3v) is 5.10. The molecule has 0 spiro atoms. The van der Waals surface area contributed by atoms with Crippen molar-refractivity contribution in [2.45, 2.75) is 31.7 Å². The molecule has 1 aliphatic carbocycles. The molecule has 11 heteroatoms. The number of nitro benzene ring substituents is 1. The lowest BCUT2D eigenvalue weighted by Crippen LogP contribution is -2.21. The van der Waals surface area contributed by atoms with Gasteiger partial charge in [0.1, 0.15) is 12.2 Å². The van der Waals surface area contributed by atoms with Crippen molar-refractivity contribution in [1.29, 1.82) is 0 Å². The Morgan fingerprint density at radius 2 is 1.96 bits per heavy atom. The highest BCUT2D eigenvalue weighted by atomic mass is 79.9. The summed E-state index contributed by atoms with van der Waals surface area (Å²) in [5.41, 5.74) is 0.381. The minimum atomic E-state index is -2.74. The number of non-ortho nitro benzene ring substituents is 1. The van der Waals surface area contributed by atoms with Crippen LogP contribution in [0.15, 0.2) is 27.1 Å². The summed E-state index contributed by atoms with van der Waals surface area (Å²) in [6.45, 7) is -0.387. The number of nitro groups is 1. The number of nitrogens with one attached hydrogen (secondary N) is 1. The lowest BCUT2D eigenvalue weighted by Gasteiger charge is -2.11. The van der Waals surface area contributed by atoms with E-state index in [1.165, 1.54) is 18.2 Å². The predicted octanol–water partition coefficient (Wildman–Crippen LogP) is 4.77. The van der Waals surface area contributed by atoms with Gasteiger partial charge in [-0.15, -0.1) is 0 Å². The van der Waals surface area contributed by atoms with Crippen molar-refractivity contribution in [3.05, 3.63) is 48.6 Å². The molecule has 1 amide bonds. The summed E-state index contributed by atoms with van der Waals surface area (Å²) in [4.78, 5) is 22.5. The second-order valence-corrected chi connectivity index (χ2v) is 7.53. The van der Waals surface area contributed by atoms with Gasteiger partial charge in [-0.3, -0.25) is 19.6 Å². The Morgan fingerprint density at radius 3 is 2.46 bits per heavy atom. The highest BCUT2D eigenvalue weighted by Crippen LogP contribution is 2.40. The molecule has 1 aromatic carbocycles. The van der Waals surface area contributed by atoms with E-state index >= 15 is 0 Å². The van der Waals surface area contributed by atoms with Gasteiger partial charge < -0.3 is 5.32 Å². The van der Waals surface area contributed by atoms with Gasteiger partial charge in [0.25, 0.3) is 12.1 Å². The zero-order valence-corrected chi connectivity index (χ0v) is 16.3. The molecule has 138 valence electrons. The first-order valence-corrected chi connectivity index (χ1v) is 9.14. The quantitative estimate of drug-likeness (QED) is 0.463. The lowest BCUT2D eigenvalue weighted by molar-refractivity contribution is -0.385. The Labute approximate surface area is 163 Å². The van der Waals surface area contributed by atoms with E-state index in [2.05, 4.69) is 42.3 Å². The molecule has 3 rings (SSSR count). The fourth-order valence-electron chi connectivity index (χ4n) is 2.43. The number of anilines is 1. The number of hydrogen-bond donors (Lipinski definition) is 1. The van der Waals surface area contributed by atoms with Crippen LogP contribution in [0.5, 0.6) is 0 Å². The van der Waals surface area contributed by atoms with E-state index in [-0.39, 0.29) is 29.5 Å². The first-order chi connectivity index (χ1) is 12.3. The average molecular weight is 494 g/mol. The van der Waals surface area contributed by atoms with Crippen molar-refractivity contribution >= 4 is 49.1 Å². The first kappa shape index (κ1) is 18.9. The summed E-state index contributed by atoms with van der Waals surface area (Å²) in [6.07, 6.45) is -0.913. The molecule has 0 bridgehead atoms. The highest BCUT2D eigenvalue weighted by molar-refractivity contribution is 9.11. The largest absolute Gasteiger partial charge is 0.323 e. The van der Waals surface area contributed by atoms with Crippen LogP contribution in [0.25, 0.3) is 0 Å². The van der Waals surface area contributed by atoms with Crippen LogP contribution < -0.4 is 5.32 Å². The number of alkyl halides is 2. The molecule has 0 saturated heterocycles. The lowest BCUT2D eigenvalue weighted by atomic mass is 10.2. The molecule has 7 nitrogen and oxygen atoms in total. The maximum absolute atomic E-state index is 13.2. The van der Waals surface area contributed by atoms with Crippen molar-refractivity contribution in [3.63, 3.8) is 0 Å². The van der Waals surface area contributed by atoms with Crippen molar-refractivity contribution in [2.75, 3.05) is 5.32 Å². The topological polar surface area (TPSA) is 90.1 Å². The normalized spacial score (nSPS) is 13.9. The summed E-state index contributed by atoms with van der Waals surface area (Å²) in [6, 6.07) is 3.82. The Morgan fingerprint density at radius 1 is 1.35 bits per heavy atom. The standard InChI is InChI=1S/C15H12Br2F2N4O3/c16-9-3-8(23(25)26)4-10(17)14(9)20-13(24)6-22-12(15(18)19)5-11(21-22)7-1-2-7/h3-5,7,15H,1-2,6H2,(H,20,24). The molecule has 2 aromatic rings. The van der Waals surface area contributed by atoms with Crippen LogP contribution >= 0.6 is 31.9 Å². The number of aromatic nitrogens is 2. The van der Waals surface area contributed by atoms with Gasteiger partial charge >= 0.3 is 0 Å². The Hall–Kier alpha value is -1.88. The van der Waals surface area contributed by atoms with E-state index in [0.29, 0.717) is 14.6 Å². The minimum Gasteiger partial charge on any atom is -0.323 e. The fourth-order valence-corrected chi connectivity index (χ4v) is 3.79. The van der Waals surface area contributed by atoms with Gasteiger partial charge in [0.05, 0.1) is 16.3 Å². The number of benzene rings is 1. The van der Waals surface area contributed by atoms with Crippen LogP contribution in [-0.4, -0.2) is 20.6 Å². The van der Waals surface area contributed by atoms with Gasteiger partial charge in [-0.05, 0) is 50.8 Å². The molecule has 0 atom stereocenters. The second-order valence-electron chi connectivity index (χ2n) is 5.82. The summed E-state index contributed by atoms with van der Waals surface area (Å²) >= 11 is 6.32. The molecule has 0 aliphatic heterocycles. The van der Waals surface area contributed by atoms with E-state index < -0.39 is 17.3 Å². The van der Waals surface area contributed by atoms with Crippen molar-refractivity contribution in [1.82, 2.24) is 9.78 Å². The minimum absolute atomic E-state index is 0.164. The summed E-state index contributed by atoms with van der Waals surface area (Å²) < 4.78 is 27.9. The Bertz CT molecular complexity index is 861. The number of amides is 1. The molecule has 1 saturated carbocycles. The third kappa shape index (κ3) is 4.09. The van der Waals surface area contributed by atoms with Crippen molar-refractivity contribution < 1.29 is 18.5 Å². The molecule has 26 heavy (non-hydrogen) atoms. The van der Waals surface area contributed by atoms with Crippen LogP contribution in [0.3, 0.4) is 0 Å². The molecule has 1 fully saturated rings. The van der Waals surface area contributed by atoms with Gasteiger partial charge in [-0.1, -0.05) is 0 Å². The summed E-state index contributed by atoms with van der Waals surface area (Å²) in [7, 11) is 0. The van der Waals surface area contributed by atoms with Gasteiger partial charge in [0.15, 0.2) is 0 Å². The number of halogens is 4. The van der Waals surface area contributed by atoms with Crippen LogP contribution in [0.4, 0.5) is 20.2 Å². The summed E-state index contributed by atoms with van der Waals surface area (Å²) in [5.74, 6) is -0.387. The molecule has 1 N–H and O–H groups in total. The van der Waals surface area contributed by atoms with Gasteiger partial charge in [0.2, 0.25) is 5.91 Å². The molecular formula is C15H12Br2F2N4O3. The van der Waals surface area contributed by atoms with Crippen LogP contribution in [-0.2, 0) is 11.3 Å². The summed E-state index contributed by atoms with van der Waals surface area (Å²) in [5, 5.41) is 17.5. The zero-order valence-electron chi connectivity index (χ0n) is 13.1. The molecule has 1 heterocycles. The molecule has 1 aromatic heterocycles. The maximum atomic E-state index is 13.2. The van der Waals surface area contributed by atoms with Gasteiger partial charge in [-0.25, -0.2) is 8.78 Å². The average Bonchev–Trinajstić information content (AvgIpc) is 3.31. The van der Waals surface area contributed by atoms with E-state index in [0.717, 1.165) is 17.5 Å². The van der Waals surface area contributed by atoms with Crippen LogP contribution in [0, 0.1) is 10.1 Å². The predicted molar refractivity (Wildman–Crippen MR) is 96.3 cm³/mol. The number of hydrogen-bond acceptors (Lipinski definition) is 4. The smallest absolute Gasteiger partial charge is 0.280 e. The first-order valence-electron chi connectivity index (χ1n) is 7.55. The zero-order chi connectivity index (χ0) is 19.0. The van der Waals surface area contributed by atoms with Crippen molar-refractivity contribution in [2.24, 2.45) is 0 Å². The monoisotopic (exact) mass is 492 g/mol. The Kier molecular flexibility index (Phi) is 5.37. The molecule has 1 aliphatic rings. The SMILES string of the molecule is O=C(Cn1nc(C2CC2)cc1C(F)F)Nc1c(Br)cc([N+](=O)[O-])cc1Br. The van der Waals surface area contributed by atoms with E-state index in [1.54, 1.807) is 0 Å².